The van der Waals surface area contributed by atoms with Gasteiger partial charge in [-0.05, 0) is 12.5 Å². The first-order chi connectivity index (χ1) is 9.61. The van der Waals surface area contributed by atoms with Gasteiger partial charge in [0.05, 0.1) is 0 Å². The summed E-state index contributed by atoms with van der Waals surface area (Å²) in [5.74, 6) is 1.57. The molecule has 1 N–H and O–H groups in total. The van der Waals surface area contributed by atoms with E-state index in [1.807, 2.05) is 18.2 Å². The summed E-state index contributed by atoms with van der Waals surface area (Å²) in [6.07, 6.45) is 1.03. The third-order valence-corrected chi connectivity index (χ3v) is 3.86. The molecule has 0 aliphatic carbocycles. The fourth-order valence-corrected chi connectivity index (χ4v) is 2.78. The summed E-state index contributed by atoms with van der Waals surface area (Å²) in [5, 5.41) is 10.8. The Labute approximate surface area is 124 Å². The Morgan fingerprint density at radius 2 is 2.05 bits per heavy atom. The van der Waals surface area contributed by atoms with Crippen LogP contribution in [-0.4, -0.2) is 21.0 Å². The van der Waals surface area contributed by atoms with Crippen molar-refractivity contribution in [1.29, 1.82) is 0 Å². The van der Waals surface area contributed by atoms with Crippen LogP contribution in [-0.2, 0) is 6.54 Å². The largest absolute Gasteiger partial charge is 0.508 e. The molecule has 20 heavy (non-hydrogen) atoms. The number of hydrogen-bond acceptors (Lipinski definition) is 5. The Kier molecular flexibility index (Phi) is 4.95. The molecule has 0 bridgehead atoms. The average Bonchev–Trinajstić information content (AvgIpc) is 2.90. The van der Waals surface area contributed by atoms with E-state index >= 15 is 0 Å². The molecule has 0 fully saturated rings. The lowest BCUT2D eigenvalue weighted by atomic mass is 10.2. The fraction of sp³-hybridized carbons (Fsp3) is 0.467. The highest BCUT2D eigenvalue weighted by Gasteiger charge is 2.15. The number of phenolic OH excluding ortho intramolecular Hbond substituents is 1. The lowest BCUT2D eigenvalue weighted by molar-refractivity contribution is 0.467. The molecule has 1 heterocycles. The van der Waals surface area contributed by atoms with Gasteiger partial charge in [-0.25, -0.2) is 4.98 Å². The number of rotatable bonds is 6. The third kappa shape index (κ3) is 3.48. The molecule has 4 nitrogen and oxygen atoms in total. The summed E-state index contributed by atoms with van der Waals surface area (Å²) >= 11 is 1.43. The van der Waals surface area contributed by atoms with E-state index in [2.05, 4.69) is 35.0 Å². The van der Waals surface area contributed by atoms with Gasteiger partial charge in [-0.1, -0.05) is 39.0 Å². The zero-order valence-electron chi connectivity index (χ0n) is 12.2. The van der Waals surface area contributed by atoms with Gasteiger partial charge in [0, 0.05) is 36.1 Å². The van der Waals surface area contributed by atoms with Gasteiger partial charge in [0.2, 0.25) is 5.13 Å². The number of aromatic nitrogens is 2. The SMILES string of the molecule is CCCN(Cc1ccccc1O)c1nc(C(C)C)ns1. The molecule has 0 saturated carbocycles. The van der Waals surface area contributed by atoms with Crippen molar-refractivity contribution >= 4 is 16.7 Å². The van der Waals surface area contributed by atoms with Crippen LogP contribution in [0.3, 0.4) is 0 Å². The van der Waals surface area contributed by atoms with E-state index in [1.54, 1.807) is 6.07 Å². The lowest BCUT2D eigenvalue weighted by Gasteiger charge is -2.21. The van der Waals surface area contributed by atoms with Gasteiger partial charge < -0.3 is 10.0 Å². The van der Waals surface area contributed by atoms with Gasteiger partial charge in [-0.15, -0.1) is 0 Å². The van der Waals surface area contributed by atoms with Gasteiger partial charge in [0.25, 0.3) is 0 Å². The second kappa shape index (κ2) is 6.70. The zero-order valence-corrected chi connectivity index (χ0v) is 13.0. The Balaban J connectivity index is 2.20. The highest BCUT2D eigenvalue weighted by atomic mass is 32.1. The van der Waals surface area contributed by atoms with Crippen molar-refractivity contribution in [3.05, 3.63) is 35.7 Å². The second-order valence-electron chi connectivity index (χ2n) is 5.14. The Hall–Kier alpha value is -1.62. The maximum absolute atomic E-state index is 9.91. The molecule has 1 aromatic carbocycles. The van der Waals surface area contributed by atoms with E-state index < -0.39 is 0 Å². The van der Waals surface area contributed by atoms with Gasteiger partial charge in [0.15, 0.2) is 0 Å². The summed E-state index contributed by atoms with van der Waals surface area (Å²) < 4.78 is 4.41. The molecule has 2 aromatic rings. The molecule has 0 saturated heterocycles. The number of nitrogens with zero attached hydrogens (tertiary/aromatic N) is 3. The molecular weight excluding hydrogens is 270 g/mol. The number of phenols is 1. The maximum Gasteiger partial charge on any atom is 0.205 e. The van der Waals surface area contributed by atoms with E-state index in [4.69, 9.17) is 0 Å². The topological polar surface area (TPSA) is 49.2 Å². The van der Waals surface area contributed by atoms with Crippen LogP contribution in [0.15, 0.2) is 24.3 Å². The molecule has 5 heteroatoms. The van der Waals surface area contributed by atoms with Crippen LogP contribution in [0.1, 0.15) is 44.5 Å². The number of hydrogen-bond donors (Lipinski definition) is 1. The molecule has 2 rings (SSSR count). The summed E-state index contributed by atoms with van der Waals surface area (Å²) in [7, 11) is 0. The fourth-order valence-electron chi connectivity index (χ4n) is 1.95. The molecule has 0 spiro atoms. The van der Waals surface area contributed by atoms with Crippen LogP contribution in [0.25, 0.3) is 0 Å². The quantitative estimate of drug-likeness (QED) is 0.880. The average molecular weight is 291 g/mol. The van der Waals surface area contributed by atoms with Gasteiger partial charge in [0.1, 0.15) is 11.6 Å². The van der Waals surface area contributed by atoms with Crippen molar-refractivity contribution in [3.8, 4) is 5.75 Å². The van der Waals surface area contributed by atoms with Crippen LogP contribution < -0.4 is 4.90 Å². The molecular formula is C15H21N3OS. The van der Waals surface area contributed by atoms with E-state index in [9.17, 15) is 5.11 Å². The van der Waals surface area contributed by atoms with Crippen molar-refractivity contribution in [3.63, 3.8) is 0 Å². The van der Waals surface area contributed by atoms with E-state index in [0.717, 1.165) is 29.5 Å². The van der Waals surface area contributed by atoms with Crippen LogP contribution >= 0.6 is 11.5 Å². The van der Waals surface area contributed by atoms with Crippen LogP contribution in [0, 0.1) is 0 Å². The van der Waals surface area contributed by atoms with E-state index in [0.29, 0.717) is 18.2 Å². The van der Waals surface area contributed by atoms with Gasteiger partial charge >= 0.3 is 0 Å². The minimum absolute atomic E-state index is 0.335. The first-order valence-electron chi connectivity index (χ1n) is 6.97. The molecule has 0 atom stereocenters. The van der Waals surface area contributed by atoms with Crippen molar-refractivity contribution in [2.24, 2.45) is 0 Å². The van der Waals surface area contributed by atoms with Crippen molar-refractivity contribution < 1.29 is 5.11 Å². The lowest BCUT2D eigenvalue weighted by Crippen LogP contribution is -2.23. The summed E-state index contributed by atoms with van der Waals surface area (Å²) in [6, 6.07) is 7.45. The number of anilines is 1. The number of para-hydroxylation sites is 1. The highest BCUT2D eigenvalue weighted by Crippen LogP contribution is 2.25. The van der Waals surface area contributed by atoms with Crippen molar-refractivity contribution in [2.45, 2.75) is 39.7 Å². The van der Waals surface area contributed by atoms with Crippen LogP contribution in [0.4, 0.5) is 5.13 Å². The predicted octanol–water partition coefficient (Wildman–Crippen LogP) is 3.78. The molecule has 1 aromatic heterocycles. The Morgan fingerprint density at radius 1 is 1.30 bits per heavy atom. The van der Waals surface area contributed by atoms with Crippen molar-refractivity contribution in [2.75, 3.05) is 11.4 Å². The predicted molar refractivity (Wildman–Crippen MR) is 83.4 cm³/mol. The second-order valence-corrected chi connectivity index (χ2v) is 5.87. The Morgan fingerprint density at radius 3 is 2.65 bits per heavy atom. The molecule has 0 radical (unpaired) electrons. The smallest absolute Gasteiger partial charge is 0.205 e. The molecule has 0 aliphatic heterocycles. The minimum Gasteiger partial charge on any atom is -0.508 e. The molecule has 0 amide bonds. The Bertz CT molecular complexity index is 554. The van der Waals surface area contributed by atoms with E-state index in [-0.39, 0.29) is 0 Å². The third-order valence-electron chi connectivity index (χ3n) is 3.06. The number of aromatic hydroxyl groups is 1. The number of benzene rings is 1. The standard InChI is InChI=1S/C15H21N3OS/c1-4-9-18(10-12-7-5-6-8-13(12)19)15-16-14(11(2)3)17-20-15/h5-8,11,19H,4,9-10H2,1-3H3. The van der Waals surface area contributed by atoms with Gasteiger partial charge in [-0.3, -0.25) is 0 Å². The molecule has 0 unspecified atom stereocenters. The summed E-state index contributed by atoms with van der Waals surface area (Å²) in [4.78, 5) is 6.79. The molecule has 108 valence electrons. The first-order valence-corrected chi connectivity index (χ1v) is 7.74. The van der Waals surface area contributed by atoms with Crippen LogP contribution in [0.2, 0.25) is 0 Å². The maximum atomic E-state index is 9.91. The van der Waals surface area contributed by atoms with Crippen LogP contribution in [0.5, 0.6) is 5.75 Å². The normalized spacial score (nSPS) is 11.0. The van der Waals surface area contributed by atoms with E-state index in [1.165, 1.54) is 11.5 Å². The van der Waals surface area contributed by atoms with Gasteiger partial charge in [-0.2, -0.15) is 4.37 Å². The summed E-state index contributed by atoms with van der Waals surface area (Å²) in [6.45, 7) is 7.90. The first kappa shape index (κ1) is 14.8. The van der Waals surface area contributed by atoms with Crippen molar-refractivity contribution in [1.82, 2.24) is 9.36 Å². The highest BCUT2D eigenvalue weighted by molar-refractivity contribution is 7.09. The monoisotopic (exact) mass is 291 g/mol. The molecule has 0 aliphatic rings. The minimum atomic E-state index is 0.335. The zero-order chi connectivity index (χ0) is 14.5. The summed E-state index contributed by atoms with van der Waals surface area (Å²) in [5.41, 5.74) is 0.919.